The van der Waals surface area contributed by atoms with Crippen molar-refractivity contribution in [3.8, 4) is 11.1 Å². The molecule has 4 rings (SSSR count). The van der Waals surface area contributed by atoms with Gasteiger partial charge in [-0.2, -0.15) is 0 Å². The van der Waals surface area contributed by atoms with Crippen molar-refractivity contribution in [3.05, 3.63) is 59.7 Å². The monoisotopic (exact) mass is 478 g/mol. The van der Waals surface area contributed by atoms with Crippen LogP contribution in [-0.4, -0.2) is 41.3 Å². The molecule has 1 fully saturated rings. The van der Waals surface area contributed by atoms with Crippen LogP contribution in [0.2, 0.25) is 0 Å². The zero-order valence-corrected chi connectivity index (χ0v) is 20.4. The van der Waals surface area contributed by atoms with Crippen molar-refractivity contribution >= 4 is 18.0 Å². The number of carboxylic acids is 1. The highest BCUT2D eigenvalue weighted by Gasteiger charge is 2.31. The predicted molar refractivity (Wildman–Crippen MR) is 133 cm³/mol. The van der Waals surface area contributed by atoms with Gasteiger partial charge in [-0.05, 0) is 61.8 Å². The van der Waals surface area contributed by atoms with Crippen LogP contribution in [0.4, 0.5) is 4.79 Å². The summed E-state index contributed by atoms with van der Waals surface area (Å²) in [5, 5.41) is 15.1. The summed E-state index contributed by atoms with van der Waals surface area (Å²) in [5.41, 5.74) is 4.04. The lowest BCUT2D eigenvalue weighted by Gasteiger charge is -2.29. The van der Waals surface area contributed by atoms with E-state index >= 15 is 0 Å². The van der Waals surface area contributed by atoms with Crippen molar-refractivity contribution in [1.82, 2.24) is 10.6 Å². The molecule has 3 N–H and O–H groups in total. The van der Waals surface area contributed by atoms with Crippen molar-refractivity contribution in [2.75, 3.05) is 6.61 Å². The minimum Gasteiger partial charge on any atom is -0.481 e. The Labute approximate surface area is 206 Å². The van der Waals surface area contributed by atoms with Crippen LogP contribution in [0.1, 0.15) is 69.4 Å². The molecule has 2 aromatic rings. The Morgan fingerprint density at radius 3 is 2.26 bits per heavy atom. The molecule has 186 valence electrons. The number of hydrogen-bond donors (Lipinski definition) is 3. The van der Waals surface area contributed by atoms with Gasteiger partial charge in [0.2, 0.25) is 5.91 Å². The minimum absolute atomic E-state index is 0.00726. The van der Waals surface area contributed by atoms with Gasteiger partial charge in [0, 0.05) is 23.9 Å². The highest BCUT2D eigenvalue weighted by molar-refractivity contribution is 5.79. The first-order valence-corrected chi connectivity index (χ1v) is 12.4. The van der Waals surface area contributed by atoms with Crippen molar-refractivity contribution in [2.45, 2.75) is 69.9 Å². The quantitative estimate of drug-likeness (QED) is 0.503. The lowest BCUT2D eigenvalue weighted by molar-refractivity contribution is -0.143. The van der Waals surface area contributed by atoms with Crippen molar-refractivity contribution < 1.29 is 24.2 Å². The van der Waals surface area contributed by atoms with Crippen LogP contribution >= 0.6 is 0 Å². The van der Waals surface area contributed by atoms with E-state index in [2.05, 4.69) is 34.9 Å². The Hall–Kier alpha value is -3.35. The molecule has 0 bridgehead atoms. The summed E-state index contributed by atoms with van der Waals surface area (Å²) in [6.45, 7) is 3.97. The maximum Gasteiger partial charge on any atom is 0.407 e. The van der Waals surface area contributed by atoms with E-state index in [1.54, 1.807) is 0 Å². The van der Waals surface area contributed by atoms with Gasteiger partial charge < -0.3 is 20.5 Å². The lowest BCUT2D eigenvalue weighted by atomic mass is 9.85. The van der Waals surface area contributed by atoms with E-state index in [1.165, 1.54) is 11.1 Å². The summed E-state index contributed by atoms with van der Waals surface area (Å²) in [7, 11) is 0. The fourth-order valence-electron chi connectivity index (χ4n) is 5.24. The molecule has 0 aliphatic heterocycles. The first-order chi connectivity index (χ1) is 16.7. The van der Waals surface area contributed by atoms with E-state index in [0.29, 0.717) is 19.3 Å². The number of carbonyl (C=O) groups excluding carboxylic acids is 2. The second kappa shape index (κ2) is 10.5. The highest BCUT2D eigenvalue weighted by Crippen LogP contribution is 2.44. The predicted octanol–water partition coefficient (Wildman–Crippen LogP) is 4.84. The molecule has 2 aliphatic carbocycles. The molecule has 2 atom stereocenters. The number of alkyl carbamates (subject to hydrolysis) is 1. The van der Waals surface area contributed by atoms with E-state index in [4.69, 9.17) is 4.74 Å². The average Bonchev–Trinajstić information content (AvgIpc) is 3.15. The molecular weight excluding hydrogens is 444 g/mol. The van der Waals surface area contributed by atoms with Crippen LogP contribution in [0.25, 0.3) is 11.1 Å². The van der Waals surface area contributed by atoms with Gasteiger partial charge in [-0.15, -0.1) is 0 Å². The summed E-state index contributed by atoms with van der Waals surface area (Å²) in [6.07, 6.45) is 2.92. The molecule has 2 amide bonds. The Morgan fingerprint density at radius 2 is 1.63 bits per heavy atom. The number of carboxylic acid groups (broad SMARTS) is 1. The number of benzene rings is 2. The summed E-state index contributed by atoms with van der Waals surface area (Å²) in [6, 6.07) is 16.3. The number of fused-ring (bicyclic) bond motifs is 3. The zero-order chi connectivity index (χ0) is 25.0. The standard InChI is InChI=1S/C28H34N2O5/c1-28(2,15-14-25(31)29-19-9-7-8-18(16-19)26(32)33)30-27(34)35-17-24-22-12-5-3-10-20(22)21-11-4-6-13-23(21)24/h3-6,10-13,18-19,24H,7-9,14-17H2,1-2H3,(H,29,31)(H,30,34)(H,32,33)/t18-,19+/m0/s1. The summed E-state index contributed by atoms with van der Waals surface area (Å²) in [5.74, 6) is -1.31. The van der Waals surface area contributed by atoms with E-state index in [-0.39, 0.29) is 36.8 Å². The molecular formula is C28H34N2O5. The van der Waals surface area contributed by atoms with Crippen molar-refractivity contribution in [3.63, 3.8) is 0 Å². The average molecular weight is 479 g/mol. The molecule has 2 aromatic carbocycles. The molecule has 0 heterocycles. The van der Waals surface area contributed by atoms with E-state index < -0.39 is 17.6 Å². The van der Waals surface area contributed by atoms with Gasteiger partial charge in [0.15, 0.2) is 0 Å². The van der Waals surface area contributed by atoms with Gasteiger partial charge >= 0.3 is 12.1 Å². The summed E-state index contributed by atoms with van der Waals surface area (Å²) < 4.78 is 5.63. The van der Waals surface area contributed by atoms with Gasteiger partial charge in [-0.3, -0.25) is 9.59 Å². The van der Waals surface area contributed by atoms with Gasteiger partial charge in [-0.1, -0.05) is 55.0 Å². The fourth-order valence-corrected chi connectivity index (χ4v) is 5.24. The number of ether oxygens (including phenoxy) is 1. The minimum atomic E-state index is -0.794. The van der Waals surface area contributed by atoms with Crippen LogP contribution < -0.4 is 10.6 Å². The first-order valence-electron chi connectivity index (χ1n) is 12.4. The molecule has 35 heavy (non-hydrogen) atoms. The smallest absolute Gasteiger partial charge is 0.407 e. The topological polar surface area (TPSA) is 105 Å². The maximum absolute atomic E-state index is 12.6. The van der Waals surface area contributed by atoms with Gasteiger partial charge in [0.1, 0.15) is 6.61 Å². The summed E-state index contributed by atoms with van der Waals surface area (Å²) >= 11 is 0. The van der Waals surface area contributed by atoms with Crippen LogP contribution in [0.5, 0.6) is 0 Å². The molecule has 0 spiro atoms. The van der Waals surface area contributed by atoms with E-state index in [1.807, 2.05) is 38.1 Å². The molecule has 2 aliphatic rings. The highest BCUT2D eigenvalue weighted by atomic mass is 16.5. The van der Waals surface area contributed by atoms with Crippen LogP contribution in [0.15, 0.2) is 48.5 Å². The number of hydrogen-bond acceptors (Lipinski definition) is 4. The molecule has 7 nitrogen and oxygen atoms in total. The zero-order valence-electron chi connectivity index (χ0n) is 20.4. The molecule has 1 saturated carbocycles. The lowest BCUT2D eigenvalue weighted by Crippen LogP contribution is -2.45. The first kappa shape index (κ1) is 24.8. The number of amides is 2. The molecule has 0 unspecified atom stereocenters. The van der Waals surface area contributed by atoms with E-state index in [0.717, 1.165) is 24.0 Å². The number of carbonyl (C=O) groups is 3. The third kappa shape index (κ3) is 6.02. The third-order valence-electron chi connectivity index (χ3n) is 7.15. The Kier molecular flexibility index (Phi) is 7.43. The Bertz CT molecular complexity index is 1050. The second-order valence-electron chi connectivity index (χ2n) is 10.3. The normalized spacial score (nSPS) is 19.4. The Morgan fingerprint density at radius 1 is 1.00 bits per heavy atom. The van der Waals surface area contributed by atoms with Gasteiger partial charge in [0.25, 0.3) is 0 Å². The van der Waals surface area contributed by atoms with Gasteiger partial charge in [0.05, 0.1) is 5.92 Å². The van der Waals surface area contributed by atoms with Crippen molar-refractivity contribution in [2.24, 2.45) is 5.92 Å². The fraction of sp³-hybridized carbons (Fsp3) is 0.464. The molecule has 0 radical (unpaired) electrons. The number of nitrogens with one attached hydrogen (secondary N) is 2. The van der Waals surface area contributed by atoms with Crippen LogP contribution in [0.3, 0.4) is 0 Å². The van der Waals surface area contributed by atoms with E-state index in [9.17, 15) is 19.5 Å². The van der Waals surface area contributed by atoms with Crippen molar-refractivity contribution in [1.29, 1.82) is 0 Å². The number of aliphatic carboxylic acids is 1. The Balaban J connectivity index is 1.25. The van der Waals surface area contributed by atoms with Gasteiger partial charge in [-0.25, -0.2) is 4.79 Å². The molecule has 0 aromatic heterocycles. The SMILES string of the molecule is CC(C)(CCC(=O)N[C@@H]1CCC[C@H](C(=O)O)C1)NC(=O)OCC1c2ccccc2-c2ccccc21. The molecule has 0 saturated heterocycles. The third-order valence-corrected chi connectivity index (χ3v) is 7.15. The summed E-state index contributed by atoms with van der Waals surface area (Å²) in [4.78, 5) is 36.3. The second-order valence-corrected chi connectivity index (χ2v) is 10.3. The largest absolute Gasteiger partial charge is 0.481 e. The number of rotatable bonds is 8. The van der Waals surface area contributed by atoms with Crippen LogP contribution in [0, 0.1) is 5.92 Å². The van der Waals surface area contributed by atoms with Crippen LogP contribution in [-0.2, 0) is 14.3 Å². The molecule has 7 heteroatoms. The maximum atomic E-state index is 12.6.